The Balaban J connectivity index is 1.57. The van der Waals surface area contributed by atoms with Crippen molar-refractivity contribution in [2.45, 2.75) is 45.7 Å². The number of ketones is 1. The molecule has 1 aliphatic heterocycles. The average Bonchev–Trinajstić information content (AvgIpc) is 3.46. The minimum absolute atomic E-state index is 0.0585. The van der Waals surface area contributed by atoms with E-state index in [9.17, 15) is 14.7 Å². The zero-order valence-corrected chi connectivity index (χ0v) is 24.1. The summed E-state index contributed by atoms with van der Waals surface area (Å²) >= 11 is 1.27. The number of aliphatic hydroxyl groups excluding tert-OH is 1. The fraction of sp³-hybridized carbons (Fsp3) is 0.242. The third-order valence-electron chi connectivity index (χ3n) is 7.18. The van der Waals surface area contributed by atoms with Crippen LogP contribution in [0, 0.1) is 6.92 Å². The molecule has 1 N–H and O–H groups in total. The summed E-state index contributed by atoms with van der Waals surface area (Å²) in [5.41, 5.74) is 4.24. The Bertz CT molecular complexity index is 1580. The predicted molar refractivity (Wildman–Crippen MR) is 158 cm³/mol. The van der Waals surface area contributed by atoms with Crippen LogP contribution in [0.4, 0.5) is 0 Å². The molecule has 1 aromatic heterocycles. The lowest BCUT2D eigenvalue weighted by Gasteiger charge is -2.28. The molecule has 40 heavy (non-hydrogen) atoms. The van der Waals surface area contributed by atoms with Crippen molar-refractivity contribution in [3.05, 3.63) is 117 Å². The molecule has 204 valence electrons. The first kappa shape index (κ1) is 27.3. The number of aryl methyl sites for hydroxylation is 1. The van der Waals surface area contributed by atoms with Crippen molar-refractivity contribution < 1.29 is 19.4 Å². The van der Waals surface area contributed by atoms with Gasteiger partial charge in [0, 0.05) is 12.1 Å². The summed E-state index contributed by atoms with van der Waals surface area (Å²) in [7, 11) is 1.60. The molecule has 0 aliphatic carbocycles. The lowest BCUT2D eigenvalue weighted by molar-refractivity contribution is -0.130. The van der Waals surface area contributed by atoms with Gasteiger partial charge < -0.3 is 14.7 Å². The number of hydrogen-bond donors (Lipinski definition) is 1. The molecule has 6 nitrogen and oxygen atoms in total. The van der Waals surface area contributed by atoms with Crippen molar-refractivity contribution in [2.75, 3.05) is 7.11 Å². The van der Waals surface area contributed by atoms with E-state index in [0.717, 1.165) is 22.3 Å². The Labute approximate surface area is 238 Å². The van der Waals surface area contributed by atoms with Crippen molar-refractivity contribution in [1.82, 2.24) is 9.88 Å². The molecule has 3 aromatic carbocycles. The normalized spacial score (nSPS) is 15.6. The van der Waals surface area contributed by atoms with E-state index in [1.54, 1.807) is 18.9 Å². The summed E-state index contributed by atoms with van der Waals surface area (Å²) in [6, 6.07) is 24.2. The van der Waals surface area contributed by atoms with Gasteiger partial charge in [-0.1, -0.05) is 87.5 Å². The number of hydrogen-bond acceptors (Lipinski definition) is 6. The third-order valence-corrected chi connectivity index (χ3v) is 8.38. The Morgan fingerprint density at radius 1 is 1.00 bits per heavy atom. The number of amides is 1. The lowest BCUT2D eigenvalue weighted by Crippen LogP contribution is -2.30. The number of carbonyl (C=O) groups excluding carboxylic acids is 2. The van der Waals surface area contributed by atoms with E-state index in [1.165, 1.54) is 11.3 Å². The number of aliphatic hydroxyl groups is 1. The molecule has 0 fully saturated rings. The molecule has 0 bridgehead atoms. The average molecular weight is 553 g/mol. The number of nitrogens with zero attached hydrogens (tertiary/aromatic N) is 2. The largest absolute Gasteiger partial charge is 0.503 e. The van der Waals surface area contributed by atoms with Crippen molar-refractivity contribution in [1.29, 1.82) is 0 Å². The van der Waals surface area contributed by atoms with Gasteiger partial charge in [-0.25, -0.2) is 4.98 Å². The smallest absolute Gasteiger partial charge is 0.290 e. The topological polar surface area (TPSA) is 79.7 Å². The first-order valence-corrected chi connectivity index (χ1v) is 13.9. The second kappa shape index (κ2) is 10.7. The number of ether oxygens (including phenoxy) is 1. The van der Waals surface area contributed by atoms with Gasteiger partial charge in [-0.2, -0.15) is 0 Å². The molecule has 5 rings (SSSR count). The lowest BCUT2D eigenvalue weighted by atomic mass is 9.85. The van der Waals surface area contributed by atoms with Gasteiger partial charge in [-0.3, -0.25) is 9.59 Å². The van der Waals surface area contributed by atoms with Gasteiger partial charge in [0.05, 0.1) is 29.3 Å². The van der Waals surface area contributed by atoms with Crippen LogP contribution in [0.1, 0.15) is 58.9 Å². The summed E-state index contributed by atoms with van der Waals surface area (Å²) < 4.78 is 5.27. The molecule has 0 radical (unpaired) electrons. The highest BCUT2D eigenvalue weighted by atomic mass is 32.1. The molecular weight excluding hydrogens is 520 g/mol. The standard InChI is InChI=1S/C33H32N2O4S/c1-20-30(40-31(34-20)23-9-7-6-8-10-23)28(36)26-27(22-13-15-24(16-14-22)33(2,3)4)35(32(38)29(26)37)19-21-11-17-25(39-5)18-12-21/h6-18,27,37H,19H2,1-5H3. The zero-order valence-electron chi connectivity index (χ0n) is 23.3. The van der Waals surface area contributed by atoms with Crippen LogP contribution in [0.5, 0.6) is 5.75 Å². The first-order valence-electron chi connectivity index (χ1n) is 13.1. The summed E-state index contributed by atoms with van der Waals surface area (Å²) in [5.74, 6) is -0.769. The zero-order chi connectivity index (χ0) is 28.6. The predicted octanol–water partition coefficient (Wildman–Crippen LogP) is 7.20. The molecule has 1 atom stereocenters. The second-order valence-corrected chi connectivity index (χ2v) is 11.9. The van der Waals surface area contributed by atoms with E-state index in [0.29, 0.717) is 21.3 Å². The molecule has 1 aliphatic rings. The number of carbonyl (C=O) groups is 2. The van der Waals surface area contributed by atoms with E-state index in [1.807, 2.05) is 78.9 Å². The molecule has 0 saturated carbocycles. The van der Waals surface area contributed by atoms with Gasteiger partial charge >= 0.3 is 0 Å². The van der Waals surface area contributed by atoms with E-state index in [-0.39, 0.29) is 23.3 Å². The van der Waals surface area contributed by atoms with Crippen LogP contribution in [-0.2, 0) is 16.8 Å². The van der Waals surface area contributed by atoms with E-state index < -0.39 is 17.7 Å². The number of thiazole rings is 1. The molecule has 0 saturated heterocycles. The van der Waals surface area contributed by atoms with Crippen LogP contribution >= 0.6 is 11.3 Å². The highest BCUT2D eigenvalue weighted by molar-refractivity contribution is 7.17. The van der Waals surface area contributed by atoms with E-state index in [4.69, 9.17) is 4.74 Å². The molecule has 1 amide bonds. The fourth-order valence-corrected chi connectivity index (χ4v) is 5.95. The maximum absolute atomic E-state index is 14.1. The SMILES string of the molecule is COc1ccc(CN2C(=O)C(O)=C(C(=O)c3sc(-c4ccccc4)nc3C)C2c2ccc(C(C)(C)C)cc2)cc1. The Morgan fingerprint density at radius 3 is 2.25 bits per heavy atom. The monoisotopic (exact) mass is 552 g/mol. The molecule has 4 aromatic rings. The van der Waals surface area contributed by atoms with Gasteiger partial charge in [-0.05, 0) is 41.2 Å². The molecule has 7 heteroatoms. The number of rotatable bonds is 7. The quantitative estimate of drug-likeness (QED) is 0.245. The third kappa shape index (κ3) is 5.17. The maximum Gasteiger partial charge on any atom is 0.290 e. The number of methoxy groups -OCH3 is 1. The Morgan fingerprint density at radius 2 is 1.65 bits per heavy atom. The number of Topliss-reactive ketones (excluding diaryl/α,β-unsaturated/α-hetero) is 1. The maximum atomic E-state index is 14.1. The minimum atomic E-state index is -0.752. The highest BCUT2D eigenvalue weighted by Crippen LogP contribution is 2.42. The first-order chi connectivity index (χ1) is 19.1. The molecule has 1 unspecified atom stereocenters. The van der Waals surface area contributed by atoms with E-state index >= 15 is 0 Å². The van der Waals surface area contributed by atoms with Crippen molar-refractivity contribution in [3.63, 3.8) is 0 Å². The van der Waals surface area contributed by atoms with E-state index in [2.05, 4.69) is 25.8 Å². The number of benzene rings is 3. The van der Waals surface area contributed by atoms with Gasteiger partial charge in [0.1, 0.15) is 10.8 Å². The van der Waals surface area contributed by atoms with Gasteiger partial charge in [0.15, 0.2) is 5.76 Å². The number of aromatic nitrogens is 1. The van der Waals surface area contributed by atoms with Gasteiger partial charge in [-0.15, -0.1) is 11.3 Å². The fourth-order valence-electron chi connectivity index (χ4n) is 4.92. The van der Waals surface area contributed by atoms with Crippen LogP contribution in [0.2, 0.25) is 0 Å². The Hall–Kier alpha value is -4.23. The highest BCUT2D eigenvalue weighted by Gasteiger charge is 2.44. The molecule has 2 heterocycles. The summed E-state index contributed by atoms with van der Waals surface area (Å²) in [6.07, 6.45) is 0. The van der Waals surface area contributed by atoms with Crippen LogP contribution in [0.15, 0.2) is 90.2 Å². The summed E-state index contributed by atoms with van der Waals surface area (Å²) in [4.78, 5) is 34.3. The summed E-state index contributed by atoms with van der Waals surface area (Å²) in [5, 5.41) is 11.9. The minimum Gasteiger partial charge on any atom is -0.503 e. The van der Waals surface area contributed by atoms with Crippen molar-refractivity contribution >= 4 is 23.0 Å². The van der Waals surface area contributed by atoms with Crippen molar-refractivity contribution in [3.8, 4) is 16.3 Å². The van der Waals surface area contributed by atoms with Crippen LogP contribution in [0.25, 0.3) is 10.6 Å². The van der Waals surface area contributed by atoms with Crippen LogP contribution in [-0.4, -0.2) is 33.8 Å². The Kier molecular flexibility index (Phi) is 7.34. The van der Waals surface area contributed by atoms with Gasteiger partial charge in [0.2, 0.25) is 5.78 Å². The summed E-state index contributed by atoms with van der Waals surface area (Å²) in [6.45, 7) is 8.40. The van der Waals surface area contributed by atoms with Crippen LogP contribution < -0.4 is 4.74 Å². The second-order valence-electron chi connectivity index (χ2n) is 10.9. The van der Waals surface area contributed by atoms with Crippen LogP contribution in [0.3, 0.4) is 0 Å². The van der Waals surface area contributed by atoms with Crippen molar-refractivity contribution in [2.24, 2.45) is 0 Å². The van der Waals surface area contributed by atoms with Gasteiger partial charge in [0.25, 0.3) is 5.91 Å². The molecule has 0 spiro atoms. The molecular formula is C33H32N2O4S.